The first-order chi connectivity index (χ1) is 16.8. The van der Waals surface area contributed by atoms with E-state index < -0.39 is 35.0 Å². The van der Waals surface area contributed by atoms with Gasteiger partial charge >= 0.3 is 12.4 Å². The van der Waals surface area contributed by atoms with Gasteiger partial charge in [0.15, 0.2) is 0 Å². The minimum Gasteiger partial charge on any atom is -0.495 e. The van der Waals surface area contributed by atoms with Crippen molar-refractivity contribution in [3.05, 3.63) is 75.6 Å². The summed E-state index contributed by atoms with van der Waals surface area (Å²) in [5.74, 6) is -1.15. The van der Waals surface area contributed by atoms with Crippen molar-refractivity contribution < 1.29 is 35.9 Å². The number of rotatable bonds is 5. The summed E-state index contributed by atoms with van der Waals surface area (Å²) in [6, 6.07) is 8.24. The molecule has 0 saturated carbocycles. The molecule has 36 heavy (non-hydrogen) atoms. The van der Waals surface area contributed by atoms with E-state index in [1.807, 2.05) is 0 Å². The van der Waals surface area contributed by atoms with Crippen molar-refractivity contribution in [2.24, 2.45) is 0 Å². The predicted molar refractivity (Wildman–Crippen MR) is 119 cm³/mol. The Morgan fingerprint density at radius 2 is 1.75 bits per heavy atom. The zero-order valence-corrected chi connectivity index (χ0v) is 19.2. The Morgan fingerprint density at radius 1 is 1.11 bits per heavy atom. The van der Waals surface area contributed by atoms with Crippen molar-refractivity contribution in [2.45, 2.75) is 19.3 Å². The number of carbonyl (C=O) groups is 1. The summed E-state index contributed by atoms with van der Waals surface area (Å²) in [5.41, 5.74) is -2.67. The van der Waals surface area contributed by atoms with Gasteiger partial charge < -0.3 is 10.1 Å². The largest absolute Gasteiger partial charge is 0.495 e. The fourth-order valence-corrected chi connectivity index (χ4v) is 3.45. The van der Waals surface area contributed by atoms with E-state index in [2.05, 4.69) is 10.4 Å². The molecule has 1 heterocycles. The number of ether oxygens (including phenoxy) is 1. The zero-order valence-electron chi connectivity index (χ0n) is 18.4. The summed E-state index contributed by atoms with van der Waals surface area (Å²) in [5, 5.41) is 15.6. The molecule has 3 rings (SSSR count). The molecule has 6 nitrogen and oxygen atoms in total. The van der Waals surface area contributed by atoms with Gasteiger partial charge in [0.1, 0.15) is 22.5 Å². The summed E-state index contributed by atoms with van der Waals surface area (Å²) in [4.78, 5) is 12.7. The lowest BCUT2D eigenvalue weighted by molar-refractivity contribution is -0.138. The SMILES string of the molecule is COc1ccc(C(F)(F)F)cc1NC(=O)/C(C#N)=C/c1c(C)nn(-c2cccc(C(F)(F)F)c2)c1Cl. The number of anilines is 1. The normalized spacial score (nSPS) is 12.3. The molecule has 0 aliphatic carbocycles. The molecule has 0 radical (unpaired) electrons. The standard InChI is InChI=1S/C23H15ClF6N4O2/c1-12-17(20(24)34(33-12)16-5-3-4-14(9-16)22(25,26)27)8-13(11-31)21(35)32-18-10-15(23(28,29)30)6-7-19(18)36-2/h3-10H,1-2H3,(H,32,35)/b13-8+. The molecule has 0 atom stereocenters. The van der Waals surface area contributed by atoms with Crippen molar-refractivity contribution >= 4 is 29.3 Å². The number of hydrogen-bond acceptors (Lipinski definition) is 4. The molecule has 0 saturated heterocycles. The number of amides is 1. The minimum absolute atomic E-state index is 0.0192. The molecule has 0 spiro atoms. The number of nitriles is 1. The molecule has 0 bridgehead atoms. The van der Waals surface area contributed by atoms with Gasteiger partial charge in [-0.25, -0.2) is 4.68 Å². The van der Waals surface area contributed by atoms with E-state index in [9.17, 15) is 36.4 Å². The van der Waals surface area contributed by atoms with Crippen LogP contribution in [0.4, 0.5) is 32.0 Å². The van der Waals surface area contributed by atoms with Crippen LogP contribution in [0.5, 0.6) is 5.75 Å². The number of nitrogens with zero attached hydrogens (tertiary/aromatic N) is 3. The van der Waals surface area contributed by atoms with Gasteiger partial charge in [0.25, 0.3) is 5.91 Å². The van der Waals surface area contributed by atoms with Gasteiger partial charge in [0.05, 0.1) is 35.3 Å². The second-order valence-electron chi connectivity index (χ2n) is 7.29. The number of aromatic nitrogens is 2. The van der Waals surface area contributed by atoms with Gasteiger partial charge in [-0.15, -0.1) is 0 Å². The van der Waals surface area contributed by atoms with Crippen LogP contribution in [0.3, 0.4) is 0 Å². The molecule has 0 aliphatic rings. The highest BCUT2D eigenvalue weighted by atomic mass is 35.5. The van der Waals surface area contributed by atoms with Gasteiger partial charge in [0, 0.05) is 5.56 Å². The van der Waals surface area contributed by atoms with Crippen LogP contribution in [0.25, 0.3) is 11.8 Å². The highest BCUT2D eigenvalue weighted by molar-refractivity contribution is 6.31. The highest BCUT2D eigenvalue weighted by Gasteiger charge is 2.32. The van der Waals surface area contributed by atoms with E-state index in [1.54, 1.807) is 6.07 Å². The van der Waals surface area contributed by atoms with E-state index in [-0.39, 0.29) is 33.5 Å². The fourth-order valence-electron chi connectivity index (χ4n) is 3.12. The van der Waals surface area contributed by atoms with Crippen LogP contribution in [0.15, 0.2) is 48.0 Å². The molecule has 13 heteroatoms. The Hall–Kier alpha value is -3.98. The number of alkyl halides is 6. The molecular weight excluding hydrogens is 514 g/mol. The molecule has 1 amide bonds. The number of methoxy groups -OCH3 is 1. The van der Waals surface area contributed by atoms with Crippen molar-refractivity contribution in [3.8, 4) is 17.5 Å². The van der Waals surface area contributed by atoms with Crippen LogP contribution in [0.1, 0.15) is 22.4 Å². The molecule has 3 aromatic rings. The van der Waals surface area contributed by atoms with Gasteiger partial charge in [-0.2, -0.15) is 36.7 Å². The van der Waals surface area contributed by atoms with Crippen LogP contribution < -0.4 is 10.1 Å². The topological polar surface area (TPSA) is 79.9 Å². The molecule has 1 N–H and O–H groups in total. The van der Waals surface area contributed by atoms with Crippen molar-refractivity contribution in [2.75, 3.05) is 12.4 Å². The molecule has 0 fully saturated rings. The zero-order chi connectivity index (χ0) is 26.8. The third-order valence-electron chi connectivity index (χ3n) is 4.89. The van der Waals surface area contributed by atoms with E-state index in [0.29, 0.717) is 6.07 Å². The Bertz CT molecular complexity index is 1390. The van der Waals surface area contributed by atoms with Crippen LogP contribution in [0.2, 0.25) is 5.15 Å². The average molecular weight is 529 g/mol. The maximum Gasteiger partial charge on any atom is 0.416 e. The first-order valence-electron chi connectivity index (χ1n) is 9.87. The van der Waals surface area contributed by atoms with Crippen LogP contribution in [-0.2, 0) is 17.1 Å². The number of benzene rings is 2. The monoisotopic (exact) mass is 528 g/mol. The maximum atomic E-state index is 13.1. The molecule has 2 aromatic carbocycles. The summed E-state index contributed by atoms with van der Waals surface area (Å²) in [7, 11) is 1.19. The first kappa shape index (κ1) is 26.6. The van der Waals surface area contributed by atoms with Crippen molar-refractivity contribution in [1.82, 2.24) is 9.78 Å². The Labute approximate surface area is 205 Å². The summed E-state index contributed by atoms with van der Waals surface area (Å²) >= 11 is 6.30. The Kier molecular flexibility index (Phi) is 7.35. The summed E-state index contributed by atoms with van der Waals surface area (Å²) in [6.07, 6.45) is -8.27. The Balaban J connectivity index is 1.98. The molecule has 188 valence electrons. The maximum absolute atomic E-state index is 13.1. The van der Waals surface area contributed by atoms with Crippen LogP contribution >= 0.6 is 11.6 Å². The molecule has 0 aliphatic heterocycles. The highest BCUT2D eigenvalue weighted by Crippen LogP contribution is 2.35. The second-order valence-corrected chi connectivity index (χ2v) is 7.64. The van der Waals surface area contributed by atoms with Crippen molar-refractivity contribution in [3.63, 3.8) is 0 Å². The van der Waals surface area contributed by atoms with Gasteiger partial charge in [-0.1, -0.05) is 17.7 Å². The smallest absolute Gasteiger partial charge is 0.416 e. The van der Waals surface area contributed by atoms with Gasteiger partial charge in [-0.05, 0) is 49.4 Å². The first-order valence-corrected chi connectivity index (χ1v) is 10.2. The molecular formula is C23H15ClF6N4O2. The lowest BCUT2D eigenvalue weighted by Gasteiger charge is -2.13. The number of aryl methyl sites for hydroxylation is 1. The third-order valence-corrected chi connectivity index (χ3v) is 5.26. The number of nitrogens with one attached hydrogen (secondary N) is 1. The third kappa shape index (κ3) is 5.63. The average Bonchev–Trinajstić information content (AvgIpc) is 3.09. The van der Waals surface area contributed by atoms with E-state index in [0.717, 1.165) is 41.1 Å². The molecule has 1 aromatic heterocycles. The summed E-state index contributed by atoms with van der Waals surface area (Å²) in [6.45, 7) is 1.45. The number of hydrogen-bond donors (Lipinski definition) is 1. The lowest BCUT2D eigenvalue weighted by atomic mass is 10.1. The van der Waals surface area contributed by atoms with E-state index in [4.69, 9.17) is 16.3 Å². The summed E-state index contributed by atoms with van der Waals surface area (Å²) < 4.78 is 84.4. The van der Waals surface area contributed by atoms with Crippen LogP contribution in [0, 0.1) is 18.3 Å². The Morgan fingerprint density at radius 3 is 2.33 bits per heavy atom. The van der Waals surface area contributed by atoms with Crippen molar-refractivity contribution in [1.29, 1.82) is 5.26 Å². The quantitative estimate of drug-likeness (QED) is 0.235. The molecule has 0 unspecified atom stereocenters. The lowest BCUT2D eigenvalue weighted by Crippen LogP contribution is -2.15. The van der Waals surface area contributed by atoms with Gasteiger partial charge in [-0.3, -0.25) is 4.79 Å². The van der Waals surface area contributed by atoms with Crippen LogP contribution in [-0.4, -0.2) is 22.8 Å². The van der Waals surface area contributed by atoms with E-state index in [1.165, 1.54) is 20.1 Å². The minimum atomic E-state index is -4.69. The van der Waals surface area contributed by atoms with Gasteiger partial charge in [0.2, 0.25) is 0 Å². The second kappa shape index (κ2) is 9.94. The van der Waals surface area contributed by atoms with E-state index >= 15 is 0 Å². The number of carbonyl (C=O) groups excluding carboxylic acids is 1. The number of halogens is 7. The fraction of sp³-hybridized carbons (Fsp3) is 0.174. The predicted octanol–water partition coefficient (Wildman–Crippen LogP) is 6.43.